The van der Waals surface area contributed by atoms with Crippen molar-refractivity contribution in [2.75, 3.05) is 11.1 Å². The summed E-state index contributed by atoms with van der Waals surface area (Å²) in [4.78, 5) is 12.2. The molecule has 1 heterocycles. The predicted octanol–water partition coefficient (Wildman–Crippen LogP) is 5.44. The monoisotopic (exact) mass is 401 g/mol. The largest absolute Gasteiger partial charge is 0.411 e. The molecule has 0 atom stereocenters. The van der Waals surface area contributed by atoms with Crippen LogP contribution in [0.1, 0.15) is 5.56 Å². The van der Waals surface area contributed by atoms with Crippen molar-refractivity contribution in [2.45, 2.75) is 12.1 Å². The minimum absolute atomic E-state index is 0.127. The summed E-state index contributed by atoms with van der Waals surface area (Å²) in [5, 5.41) is 11.3. The van der Waals surface area contributed by atoms with Gasteiger partial charge in [-0.15, -0.1) is 10.2 Å². The number of rotatable bonds is 6. The molecule has 144 valence electrons. The van der Waals surface area contributed by atoms with Gasteiger partial charge in [-0.3, -0.25) is 4.79 Å². The maximum atomic E-state index is 12.2. The molecule has 5 nitrogen and oxygen atoms in total. The normalized spacial score (nSPS) is 10.7. The number of carbonyl (C=O) groups excluding carboxylic acids is 1. The summed E-state index contributed by atoms with van der Waals surface area (Å²) in [7, 11) is 0. The van der Waals surface area contributed by atoms with Gasteiger partial charge in [0.15, 0.2) is 0 Å². The second-order valence-electron chi connectivity index (χ2n) is 6.52. The van der Waals surface area contributed by atoms with E-state index in [9.17, 15) is 4.79 Å². The molecule has 1 aromatic heterocycles. The van der Waals surface area contributed by atoms with Gasteiger partial charge in [0.25, 0.3) is 5.22 Å². The van der Waals surface area contributed by atoms with Gasteiger partial charge in [0, 0.05) is 11.3 Å². The second kappa shape index (κ2) is 8.75. The molecule has 0 spiro atoms. The lowest BCUT2D eigenvalue weighted by atomic mass is 10.1. The first kappa shape index (κ1) is 19.0. The van der Waals surface area contributed by atoms with E-state index >= 15 is 0 Å². The molecule has 4 rings (SSSR count). The summed E-state index contributed by atoms with van der Waals surface area (Å²) in [6, 6.07) is 25.7. The standard InChI is InChI=1S/C23H19N3O2S/c1-16-7-9-19(10-8-16)22-25-26-23(28-22)29-15-21(27)24-20-13-11-18(12-14-20)17-5-3-2-4-6-17/h2-14H,15H2,1H3,(H,24,27). The predicted molar refractivity (Wildman–Crippen MR) is 116 cm³/mol. The van der Waals surface area contributed by atoms with E-state index < -0.39 is 0 Å². The van der Waals surface area contributed by atoms with Crippen LogP contribution in [0.15, 0.2) is 88.5 Å². The molecule has 0 fully saturated rings. The Kier molecular flexibility index (Phi) is 5.72. The minimum Gasteiger partial charge on any atom is -0.411 e. The van der Waals surface area contributed by atoms with Crippen LogP contribution in [0, 0.1) is 6.92 Å². The van der Waals surface area contributed by atoms with Gasteiger partial charge in [-0.2, -0.15) is 0 Å². The van der Waals surface area contributed by atoms with Crippen molar-refractivity contribution in [1.29, 1.82) is 0 Å². The number of hydrogen-bond acceptors (Lipinski definition) is 5. The number of anilines is 1. The van der Waals surface area contributed by atoms with E-state index in [4.69, 9.17) is 4.42 Å². The van der Waals surface area contributed by atoms with Gasteiger partial charge >= 0.3 is 0 Å². The molecule has 1 amide bonds. The Balaban J connectivity index is 1.32. The number of nitrogens with zero attached hydrogens (tertiary/aromatic N) is 2. The minimum atomic E-state index is -0.127. The number of aromatic nitrogens is 2. The molecule has 1 N–H and O–H groups in total. The number of amides is 1. The van der Waals surface area contributed by atoms with E-state index in [2.05, 4.69) is 27.6 Å². The molecule has 0 unspecified atom stereocenters. The highest BCUT2D eigenvalue weighted by Gasteiger charge is 2.11. The molecule has 0 aliphatic carbocycles. The molecule has 0 bridgehead atoms. The van der Waals surface area contributed by atoms with Gasteiger partial charge in [-0.05, 0) is 42.3 Å². The molecule has 0 saturated heterocycles. The highest BCUT2D eigenvalue weighted by atomic mass is 32.2. The number of aryl methyl sites for hydroxylation is 1. The summed E-state index contributed by atoms with van der Waals surface area (Å²) in [5.41, 5.74) is 5.02. The Labute approximate surface area is 173 Å². The summed E-state index contributed by atoms with van der Waals surface area (Å²) in [6.45, 7) is 2.02. The van der Waals surface area contributed by atoms with E-state index in [1.807, 2.05) is 73.7 Å². The summed E-state index contributed by atoms with van der Waals surface area (Å²) in [5.74, 6) is 0.512. The third kappa shape index (κ3) is 4.92. The van der Waals surface area contributed by atoms with Crippen molar-refractivity contribution in [2.24, 2.45) is 0 Å². The Hall–Kier alpha value is -3.38. The van der Waals surface area contributed by atoms with Crippen molar-refractivity contribution in [1.82, 2.24) is 10.2 Å². The first-order valence-electron chi connectivity index (χ1n) is 9.16. The summed E-state index contributed by atoms with van der Waals surface area (Å²) >= 11 is 1.21. The number of hydrogen-bond donors (Lipinski definition) is 1. The van der Waals surface area contributed by atoms with Crippen LogP contribution in [-0.4, -0.2) is 21.9 Å². The highest BCUT2D eigenvalue weighted by Crippen LogP contribution is 2.24. The molecule has 0 aliphatic rings. The van der Waals surface area contributed by atoms with Crippen LogP contribution in [0.25, 0.3) is 22.6 Å². The Morgan fingerprint density at radius 1 is 0.862 bits per heavy atom. The lowest BCUT2D eigenvalue weighted by Crippen LogP contribution is -2.13. The maximum absolute atomic E-state index is 12.2. The first-order valence-corrected chi connectivity index (χ1v) is 10.1. The van der Waals surface area contributed by atoms with Gasteiger partial charge < -0.3 is 9.73 Å². The van der Waals surface area contributed by atoms with Crippen molar-refractivity contribution >= 4 is 23.4 Å². The average molecular weight is 401 g/mol. The van der Waals surface area contributed by atoms with Crippen LogP contribution in [0.3, 0.4) is 0 Å². The molecule has 29 heavy (non-hydrogen) atoms. The van der Waals surface area contributed by atoms with Gasteiger partial charge in [0.2, 0.25) is 11.8 Å². The maximum Gasteiger partial charge on any atom is 0.277 e. The fraction of sp³-hybridized carbons (Fsp3) is 0.0870. The Morgan fingerprint density at radius 2 is 1.52 bits per heavy atom. The third-order valence-corrected chi connectivity index (χ3v) is 5.13. The second-order valence-corrected chi connectivity index (χ2v) is 7.45. The highest BCUT2D eigenvalue weighted by molar-refractivity contribution is 7.99. The summed E-state index contributed by atoms with van der Waals surface area (Å²) < 4.78 is 5.64. The van der Waals surface area contributed by atoms with Crippen molar-refractivity contribution < 1.29 is 9.21 Å². The fourth-order valence-electron chi connectivity index (χ4n) is 2.78. The van der Waals surface area contributed by atoms with E-state index in [0.717, 1.165) is 27.9 Å². The number of carbonyl (C=O) groups is 1. The van der Waals surface area contributed by atoms with E-state index in [1.165, 1.54) is 11.8 Å². The Bertz CT molecular complexity index is 1090. The molecular weight excluding hydrogens is 382 g/mol. The van der Waals surface area contributed by atoms with Crippen LogP contribution in [0.2, 0.25) is 0 Å². The first-order chi connectivity index (χ1) is 14.2. The fourth-order valence-corrected chi connectivity index (χ4v) is 3.35. The van der Waals surface area contributed by atoms with Gasteiger partial charge in [0.05, 0.1) is 5.75 Å². The zero-order valence-corrected chi connectivity index (χ0v) is 16.6. The average Bonchev–Trinajstić information content (AvgIpc) is 3.23. The van der Waals surface area contributed by atoms with Crippen molar-refractivity contribution in [3.63, 3.8) is 0 Å². The smallest absolute Gasteiger partial charge is 0.277 e. The van der Waals surface area contributed by atoms with E-state index in [-0.39, 0.29) is 11.7 Å². The summed E-state index contributed by atoms with van der Waals surface area (Å²) in [6.07, 6.45) is 0. The quantitative estimate of drug-likeness (QED) is 0.436. The van der Waals surface area contributed by atoms with Crippen molar-refractivity contribution in [3.05, 3.63) is 84.4 Å². The van der Waals surface area contributed by atoms with E-state index in [0.29, 0.717) is 11.1 Å². The SMILES string of the molecule is Cc1ccc(-c2nnc(SCC(=O)Nc3ccc(-c4ccccc4)cc3)o2)cc1. The van der Waals surface area contributed by atoms with Gasteiger partial charge in [-0.1, -0.05) is 71.9 Å². The Morgan fingerprint density at radius 3 is 2.24 bits per heavy atom. The molecule has 4 aromatic rings. The van der Waals surface area contributed by atoms with Gasteiger partial charge in [0.1, 0.15) is 0 Å². The van der Waals surface area contributed by atoms with Crippen molar-refractivity contribution in [3.8, 4) is 22.6 Å². The molecule has 0 radical (unpaired) electrons. The number of nitrogens with one attached hydrogen (secondary N) is 1. The zero-order valence-electron chi connectivity index (χ0n) is 15.8. The van der Waals surface area contributed by atoms with E-state index in [1.54, 1.807) is 0 Å². The van der Waals surface area contributed by atoms with Crippen LogP contribution in [-0.2, 0) is 4.79 Å². The molecule has 6 heteroatoms. The lowest BCUT2D eigenvalue weighted by molar-refractivity contribution is -0.113. The molecule has 3 aromatic carbocycles. The third-order valence-electron chi connectivity index (χ3n) is 4.31. The number of thioether (sulfide) groups is 1. The number of benzene rings is 3. The van der Waals surface area contributed by atoms with Crippen LogP contribution in [0.4, 0.5) is 5.69 Å². The van der Waals surface area contributed by atoms with Gasteiger partial charge in [-0.25, -0.2) is 0 Å². The molecule has 0 aliphatic heterocycles. The molecular formula is C23H19N3O2S. The zero-order chi connectivity index (χ0) is 20.1. The van der Waals surface area contributed by atoms with Crippen LogP contribution >= 0.6 is 11.8 Å². The topological polar surface area (TPSA) is 68.0 Å². The molecule has 0 saturated carbocycles. The lowest BCUT2D eigenvalue weighted by Gasteiger charge is -2.06. The van der Waals surface area contributed by atoms with Crippen LogP contribution in [0.5, 0.6) is 0 Å². The van der Waals surface area contributed by atoms with Crippen LogP contribution < -0.4 is 5.32 Å².